The predicted octanol–water partition coefficient (Wildman–Crippen LogP) is 2.86. The Hall–Kier alpha value is -2.86. The highest BCUT2D eigenvalue weighted by Crippen LogP contribution is 2.23. The highest BCUT2D eigenvalue weighted by atomic mass is 16.2. The first-order chi connectivity index (χ1) is 14.1. The molecule has 2 aliphatic rings. The van der Waals surface area contributed by atoms with Crippen LogP contribution in [-0.4, -0.2) is 59.9 Å². The Balaban J connectivity index is 1.38. The highest BCUT2D eigenvalue weighted by Gasteiger charge is 2.31. The molecule has 2 N–H and O–H groups in total. The van der Waals surface area contributed by atoms with Gasteiger partial charge in [-0.15, -0.1) is 0 Å². The van der Waals surface area contributed by atoms with Gasteiger partial charge < -0.3 is 15.5 Å². The van der Waals surface area contributed by atoms with Crippen molar-refractivity contribution in [1.82, 2.24) is 15.1 Å². The monoisotopic (exact) mass is 392 g/mol. The summed E-state index contributed by atoms with van der Waals surface area (Å²) >= 11 is 0. The summed E-state index contributed by atoms with van der Waals surface area (Å²) in [5.41, 5.74) is 2.43. The molecular formula is C23H28N4O2. The van der Waals surface area contributed by atoms with E-state index in [1.165, 1.54) is 0 Å². The molecular weight excluding hydrogens is 364 g/mol. The van der Waals surface area contributed by atoms with Gasteiger partial charge in [-0.2, -0.15) is 0 Å². The van der Waals surface area contributed by atoms with Crippen molar-refractivity contribution in [1.29, 1.82) is 0 Å². The van der Waals surface area contributed by atoms with Gasteiger partial charge in [0.25, 0.3) is 5.91 Å². The number of nitrogens with one attached hydrogen (secondary N) is 2. The summed E-state index contributed by atoms with van der Waals surface area (Å²) in [5, 5.41) is 6.42. The number of hydrogen-bond donors (Lipinski definition) is 2. The van der Waals surface area contributed by atoms with Gasteiger partial charge in [-0.1, -0.05) is 30.3 Å². The van der Waals surface area contributed by atoms with Crippen LogP contribution < -0.4 is 10.6 Å². The number of amides is 2. The highest BCUT2D eigenvalue weighted by molar-refractivity contribution is 6.00. The Morgan fingerprint density at radius 2 is 1.59 bits per heavy atom. The Morgan fingerprint density at radius 3 is 2.28 bits per heavy atom. The molecule has 1 atom stereocenters. The predicted molar refractivity (Wildman–Crippen MR) is 114 cm³/mol. The minimum atomic E-state index is -0.153. The molecule has 2 aromatic rings. The van der Waals surface area contributed by atoms with E-state index in [2.05, 4.69) is 15.5 Å². The third-order valence-corrected chi connectivity index (χ3v) is 5.66. The summed E-state index contributed by atoms with van der Waals surface area (Å²) in [6, 6.07) is 17.7. The second-order valence-electron chi connectivity index (χ2n) is 7.82. The molecule has 0 bridgehead atoms. The summed E-state index contributed by atoms with van der Waals surface area (Å²) in [5.74, 6) is 0.128. The smallest absolute Gasteiger partial charge is 0.256 e. The quantitative estimate of drug-likeness (QED) is 0.794. The number of hydrogen-bond acceptors (Lipinski definition) is 4. The number of piperazine rings is 1. The SMILES string of the molecule is CC(C(=O)NC1CC1)N1CCN(C(=O)c2ccccc2Nc2ccccc2)CC1. The normalized spacial score (nSPS) is 18.2. The van der Waals surface area contributed by atoms with Crippen LogP contribution in [0.3, 0.4) is 0 Å². The van der Waals surface area contributed by atoms with Crippen molar-refractivity contribution in [2.45, 2.75) is 31.8 Å². The molecule has 1 aliphatic carbocycles. The minimum absolute atomic E-state index is 0.0266. The number of anilines is 2. The number of carbonyl (C=O) groups excluding carboxylic acids is 2. The van der Waals surface area contributed by atoms with Crippen molar-refractivity contribution < 1.29 is 9.59 Å². The first-order valence-corrected chi connectivity index (χ1v) is 10.4. The van der Waals surface area contributed by atoms with Gasteiger partial charge in [0.05, 0.1) is 17.3 Å². The molecule has 1 heterocycles. The van der Waals surface area contributed by atoms with E-state index >= 15 is 0 Å². The maximum atomic E-state index is 13.2. The second kappa shape index (κ2) is 8.66. The standard InChI is InChI=1S/C23H28N4O2/c1-17(22(28)25-19-11-12-19)26-13-15-27(16-14-26)23(29)20-9-5-6-10-21(20)24-18-7-3-2-4-8-18/h2-10,17,19,24H,11-16H2,1H3,(H,25,28). The van der Waals surface area contributed by atoms with E-state index in [0.29, 0.717) is 37.8 Å². The van der Waals surface area contributed by atoms with Gasteiger partial charge in [-0.25, -0.2) is 0 Å². The van der Waals surface area contributed by atoms with Crippen molar-refractivity contribution in [2.24, 2.45) is 0 Å². The van der Waals surface area contributed by atoms with Crippen LogP contribution in [0.4, 0.5) is 11.4 Å². The van der Waals surface area contributed by atoms with E-state index in [-0.39, 0.29) is 17.9 Å². The fraction of sp³-hybridized carbons (Fsp3) is 0.391. The zero-order valence-electron chi connectivity index (χ0n) is 16.8. The summed E-state index contributed by atoms with van der Waals surface area (Å²) in [6.45, 7) is 4.62. The molecule has 1 aliphatic heterocycles. The Labute approximate surface area is 171 Å². The molecule has 2 amide bonds. The van der Waals surface area contributed by atoms with Gasteiger partial charge in [-0.05, 0) is 44.0 Å². The molecule has 0 radical (unpaired) electrons. The molecule has 152 valence electrons. The topological polar surface area (TPSA) is 64.7 Å². The van der Waals surface area contributed by atoms with Gasteiger partial charge in [0.2, 0.25) is 5.91 Å². The van der Waals surface area contributed by atoms with Crippen LogP contribution in [-0.2, 0) is 4.79 Å². The molecule has 2 aromatic carbocycles. The molecule has 1 saturated heterocycles. The number of benzene rings is 2. The second-order valence-corrected chi connectivity index (χ2v) is 7.82. The van der Waals surface area contributed by atoms with E-state index in [1.54, 1.807) is 0 Å². The Bertz CT molecular complexity index is 858. The summed E-state index contributed by atoms with van der Waals surface area (Å²) < 4.78 is 0. The van der Waals surface area contributed by atoms with Crippen molar-refractivity contribution in [3.63, 3.8) is 0 Å². The number of rotatable bonds is 6. The average Bonchev–Trinajstić information content (AvgIpc) is 3.58. The lowest BCUT2D eigenvalue weighted by atomic mass is 10.1. The van der Waals surface area contributed by atoms with Crippen molar-refractivity contribution in [2.75, 3.05) is 31.5 Å². The van der Waals surface area contributed by atoms with E-state index in [4.69, 9.17) is 0 Å². The lowest BCUT2D eigenvalue weighted by molar-refractivity contribution is -0.126. The van der Waals surface area contributed by atoms with Crippen LogP contribution in [0.1, 0.15) is 30.1 Å². The van der Waals surface area contributed by atoms with Gasteiger partial charge >= 0.3 is 0 Å². The van der Waals surface area contributed by atoms with E-state index in [0.717, 1.165) is 24.2 Å². The van der Waals surface area contributed by atoms with Gasteiger partial charge in [-0.3, -0.25) is 14.5 Å². The van der Waals surface area contributed by atoms with Crippen molar-refractivity contribution in [3.8, 4) is 0 Å². The van der Waals surface area contributed by atoms with Gasteiger partial charge in [0.1, 0.15) is 0 Å². The summed E-state index contributed by atoms with van der Waals surface area (Å²) in [6.07, 6.45) is 2.19. The first kappa shape index (κ1) is 19.5. The Morgan fingerprint density at radius 1 is 0.931 bits per heavy atom. The van der Waals surface area contributed by atoms with Gasteiger partial charge in [0, 0.05) is 37.9 Å². The lowest BCUT2D eigenvalue weighted by Crippen LogP contribution is -2.55. The molecule has 4 rings (SSSR count). The largest absolute Gasteiger partial charge is 0.355 e. The Kier molecular flexibility index (Phi) is 5.81. The maximum absolute atomic E-state index is 13.2. The van der Waals surface area contributed by atoms with E-state index < -0.39 is 0 Å². The maximum Gasteiger partial charge on any atom is 0.256 e. The number of nitrogens with zero attached hydrogens (tertiary/aromatic N) is 2. The minimum Gasteiger partial charge on any atom is -0.355 e. The third kappa shape index (κ3) is 4.77. The van der Waals surface area contributed by atoms with Gasteiger partial charge in [0.15, 0.2) is 0 Å². The molecule has 2 fully saturated rings. The van der Waals surface area contributed by atoms with Crippen LogP contribution in [0, 0.1) is 0 Å². The van der Waals surface area contributed by atoms with Crippen LogP contribution in [0.2, 0.25) is 0 Å². The van der Waals surface area contributed by atoms with E-state index in [9.17, 15) is 9.59 Å². The van der Waals surface area contributed by atoms with E-state index in [1.807, 2.05) is 66.4 Å². The molecule has 1 unspecified atom stereocenters. The molecule has 0 aromatic heterocycles. The molecule has 6 heteroatoms. The van der Waals surface area contributed by atoms with Crippen LogP contribution in [0.15, 0.2) is 54.6 Å². The summed E-state index contributed by atoms with van der Waals surface area (Å²) in [4.78, 5) is 29.5. The average molecular weight is 393 g/mol. The molecule has 6 nitrogen and oxygen atoms in total. The van der Waals surface area contributed by atoms with Crippen LogP contribution in [0.25, 0.3) is 0 Å². The van der Waals surface area contributed by atoms with Crippen LogP contribution >= 0.6 is 0 Å². The number of para-hydroxylation sites is 2. The zero-order chi connectivity index (χ0) is 20.2. The first-order valence-electron chi connectivity index (χ1n) is 10.4. The fourth-order valence-electron chi connectivity index (χ4n) is 3.65. The molecule has 1 saturated carbocycles. The third-order valence-electron chi connectivity index (χ3n) is 5.66. The molecule has 29 heavy (non-hydrogen) atoms. The van der Waals surface area contributed by atoms with Crippen molar-refractivity contribution >= 4 is 23.2 Å². The zero-order valence-corrected chi connectivity index (χ0v) is 16.8. The van der Waals surface area contributed by atoms with Crippen LogP contribution in [0.5, 0.6) is 0 Å². The molecule has 0 spiro atoms. The van der Waals surface area contributed by atoms with Crippen molar-refractivity contribution in [3.05, 3.63) is 60.2 Å². The fourth-order valence-corrected chi connectivity index (χ4v) is 3.65. The number of carbonyl (C=O) groups is 2. The summed E-state index contributed by atoms with van der Waals surface area (Å²) in [7, 11) is 0. The lowest BCUT2D eigenvalue weighted by Gasteiger charge is -2.37.